The second kappa shape index (κ2) is 7.43. The van der Waals surface area contributed by atoms with E-state index in [0.29, 0.717) is 26.5 Å². The number of carbonyl (C=O) groups is 1. The van der Waals surface area contributed by atoms with Crippen LogP contribution in [0.1, 0.15) is 34.8 Å². The highest BCUT2D eigenvalue weighted by molar-refractivity contribution is 7.17. The fourth-order valence-electron chi connectivity index (χ4n) is 1.79. The van der Waals surface area contributed by atoms with Crippen LogP contribution in [0, 0.1) is 6.92 Å². The van der Waals surface area contributed by atoms with E-state index in [1.54, 1.807) is 25.1 Å². The summed E-state index contributed by atoms with van der Waals surface area (Å²) in [4.78, 5) is 16.4. The van der Waals surface area contributed by atoms with Gasteiger partial charge < -0.3 is 10.5 Å². The first kappa shape index (κ1) is 17.2. The monoisotopic (exact) mass is 352 g/mol. The Labute approximate surface area is 143 Å². The van der Waals surface area contributed by atoms with E-state index in [1.165, 1.54) is 6.21 Å². The summed E-state index contributed by atoms with van der Waals surface area (Å²) in [5, 5.41) is 4.75. The number of ether oxygens (including phenoxy) is 1. The van der Waals surface area contributed by atoms with Gasteiger partial charge in [0.2, 0.25) is 0 Å². The zero-order valence-corrected chi connectivity index (χ0v) is 14.5. The normalized spacial score (nSPS) is 11.2. The van der Waals surface area contributed by atoms with Crippen LogP contribution in [-0.4, -0.2) is 23.2 Å². The third-order valence-electron chi connectivity index (χ3n) is 2.72. The smallest absolute Gasteiger partial charge is 0.283 e. The number of nitrogens with two attached hydrogens (primary N) is 1. The molecule has 2 aromatic rings. The van der Waals surface area contributed by atoms with E-state index in [1.807, 2.05) is 13.8 Å². The number of aryl methyl sites for hydroxylation is 1. The van der Waals surface area contributed by atoms with Crippen LogP contribution in [0.4, 0.5) is 5.13 Å². The lowest BCUT2D eigenvalue weighted by atomic mass is 10.2. The van der Waals surface area contributed by atoms with Crippen LogP contribution >= 0.6 is 22.9 Å². The number of aromatic nitrogens is 1. The van der Waals surface area contributed by atoms with Crippen molar-refractivity contribution in [2.24, 2.45) is 5.10 Å². The lowest BCUT2D eigenvalue weighted by Gasteiger charge is -2.11. The highest BCUT2D eigenvalue weighted by Gasteiger charge is 2.13. The molecular weight excluding hydrogens is 336 g/mol. The number of anilines is 1. The van der Waals surface area contributed by atoms with E-state index in [2.05, 4.69) is 15.5 Å². The lowest BCUT2D eigenvalue weighted by molar-refractivity contribution is 0.0958. The summed E-state index contributed by atoms with van der Waals surface area (Å²) in [5.74, 6) is 0.262. The van der Waals surface area contributed by atoms with Gasteiger partial charge in [0.15, 0.2) is 5.13 Å². The summed E-state index contributed by atoms with van der Waals surface area (Å²) in [6.45, 7) is 5.57. The molecule has 0 aliphatic rings. The Balaban J connectivity index is 2.02. The average molecular weight is 353 g/mol. The zero-order valence-electron chi connectivity index (χ0n) is 13.0. The molecule has 0 fully saturated rings. The molecular formula is C15H17ClN4O2S. The Hall–Kier alpha value is -2.12. The molecule has 6 nitrogen and oxygen atoms in total. The third kappa shape index (κ3) is 4.67. The van der Waals surface area contributed by atoms with E-state index < -0.39 is 0 Å². The van der Waals surface area contributed by atoms with Crippen molar-refractivity contribution in [3.8, 4) is 5.75 Å². The molecule has 1 aromatic carbocycles. The van der Waals surface area contributed by atoms with Crippen LogP contribution in [0.5, 0.6) is 5.75 Å². The van der Waals surface area contributed by atoms with Gasteiger partial charge in [-0.3, -0.25) is 4.79 Å². The molecule has 0 spiro atoms. The Bertz CT molecular complexity index is 743. The van der Waals surface area contributed by atoms with Crippen LogP contribution in [0.2, 0.25) is 5.02 Å². The number of hydrogen-bond donors (Lipinski definition) is 2. The van der Waals surface area contributed by atoms with Crippen LogP contribution in [0.25, 0.3) is 0 Å². The van der Waals surface area contributed by atoms with Crippen molar-refractivity contribution in [3.63, 3.8) is 0 Å². The van der Waals surface area contributed by atoms with Crippen molar-refractivity contribution in [2.45, 2.75) is 26.9 Å². The predicted octanol–water partition coefficient (Wildman–Crippen LogP) is 3.24. The van der Waals surface area contributed by atoms with Crippen molar-refractivity contribution < 1.29 is 9.53 Å². The molecule has 1 heterocycles. The first-order valence-corrected chi connectivity index (χ1v) is 8.08. The molecule has 0 unspecified atom stereocenters. The molecule has 0 atom stereocenters. The van der Waals surface area contributed by atoms with Crippen molar-refractivity contribution in [1.82, 2.24) is 10.4 Å². The first-order chi connectivity index (χ1) is 10.9. The summed E-state index contributed by atoms with van der Waals surface area (Å²) < 4.78 is 5.55. The van der Waals surface area contributed by atoms with Gasteiger partial charge in [-0.2, -0.15) is 5.10 Å². The third-order valence-corrected chi connectivity index (χ3v) is 4.00. The molecule has 122 valence electrons. The molecule has 23 heavy (non-hydrogen) atoms. The molecule has 1 amide bonds. The summed E-state index contributed by atoms with van der Waals surface area (Å²) in [6, 6.07) is 5.28. The summed E-state index contributed by atoms with van der Waals surface area (Å²) in [6.07, 6.45) is 1.55. The SMILES string of the molecule is Cc1nc(N)sc1C(=O)N/N=C\c1ccc(OC(C)C)c(Cl)c1. The quantitative estimate of drug-likeness (QED) is 0.638. The Morgan fingerprint density at radius 3 is 2.83 bits per heavy atom. The molecule has 2 rings (SSSR count). The summed E-state index contributed by atoms with van der Waals surface area (Å²) >= 11 is 7.26. The number of benzene rings is 1. The molecule has 0 aliphatic heterocycles. The van der Waals surface area contributed by atoms with Gasteiger partial charge in [-0.25, -0.2) is 10.4 Å². The van der Waals surface area contributed by atoms with Crippen LogP contribution < -0.4 is 15.9 Å². The largest absolute Gasteiger partial charge is 0.489 e. The minimum Gasteiger partial charge on any atom is -0.489 e. The fourth-order valence-corrected chi connectivity index (χ4v) is 2.75. The highest BCUT2D eigenvalue weighted by Crippen LogP contribution is 2.25. The Morgan fingerprint density at radius 2 is 2.26 bits per heavy atom. The lowest BCUT2D eigenvalue weighted by Crippen LogP contribution is -2.17. The Kier molecular flexibility index (Phi) is 5.57. The van der Waals surface area contributed by atoms with Gasteiger partial charge in [-0.1, -0.05) is 22.9 Å². The van der Waals surface area contributed by atoms with Crippen molar-refractivity contribution in [1.29, 1.82) is 0 Å². The predicted molar refractivity (Wildman–Crippen MR) is 93.5 cm³/mol. The zero-order chi connectivity index (χ0) is 17.0. The minimum atomic E-state index is -0.348. The molecule has 1 aromatic heterocycles. The van der Waals surface area contributed by atoms with Gasteiger partial charge >= 0.3 is 0 Å². The second-order valence-electron chi connectivity index (χ2n) is 5.02. The number of hydrazone groups is 1. The van der Waals surface area contributed by atoms with Crippen molar-refractivity contribution in [3.05, 3.63) is 39.4 Å². The molecule has 0 radical (unpaired) electrons. The first-order valence-electron chi connectivity index (χ1n) is 6.89. The maximum atomic E-state index is 12.0. The van der Waals surface area contributed by atoms with Gasteiger partial charge in [0.25, 0.3) is 5.91 Å². The maximum Gasteiger partial charge on any atom is 0.283 e. The van der Waals surface area contributed by atoms with Crippen LogP contribution in [-0.2, 0) is 0 Å². The summed E-state index contributed by atoms with van der Waals surface area (Å²) in [5.41, 5.74) is 9.33. The van der Waals surface area contributed by atoms with Gasteiger partial charge in [0, 0.05) is 0 Å². The fraction of sp³-hybridized carbons (Fsp3) is 0.267. The second-order valence-corrected chi connectivity index (χ2v) is 6.46. The molecule has 0 saturated carbocycles. The van der Waals surface area contributed by atoms with E-state index >= 15 is 0 Å². The number of nitrogens with zero attached hydrogens (tertiary/aromatic N) is 2. The number of amides is 1. The maximum absolute atomic E-state index is 12.0. The number of nitrogen functional groups attached to an aromatic ring is 1. The van der Waals surface area contributed by atoms with E-state index in [9.17, 15) is 4.79 Å². The highest BCUT2D eigenvalue weighted by atomic mass is 35.5. The molecule has 0 saturated heterocycles. The van der Waals surface area contributed by atoms with E-state index in [0.717, 1.165) is 16.9 Å². The number of nitrogens with one attached hydrogen (secondary N) is 1. The number of hydrogen-bond acceptors (Lipinski definition) is 6. The average Bonchev–Trinajstić information content (AvgIpc) is 2.80. The number of carbonyl (C=O) groups excluding carboxylic acids is 1. The summed E-state index contributed by atoms with van der Waals surface area (Å²) in [7, 11) is 0. The van der Waals surface area contributed by atoms with Crippen LogP contribution in [0.15, 0.2) is 23.3 Å². The molecule has 0 bridgehead atoms. The van der Waals surface area contributed by atoms with Gasteiger partial charge in [-0.15, -0.1) is 0 Å². The van der Waals surface area contributed by atoms with Gasteiger partial charge in [-0.05, 0) is 44.5 Å². The number of halogens is 1. The standard InChI is InChI=1S/C15H17ClN4O2S/c1-8(2)22-12-5-4-10(6-11(12)16)7-18-20-14(21)13-9(3)19-15(17)23-13/h4-8H,1-3H3,(H2,17,19)(H,20,21)/b18-7-. The van der Waals surface area contributed by atoms with Gasteiger partial charge in [0.05, 0.1) is 23.0 Å². The van der Waals surface area contributed by atoms with E-state index in [-0.39, 0.29) is 12.0 Å². The topological polar surface area (TPSA) is 89.6 Å². The number of rotatable bonds is 5. The molecule has 3 N–H and O–H groups in total. The van der Waals surface area contributed by atoms with E-state index in [4.69, 9.17) is 22.1 Å². The minimum absolute atomic E-state index is 0.0430. The molecule has 0 aliphatic carbocycles. The number of thiazole rings is 1. The van der Waals surface area contributed by atoms with Crippen molar-refractivity contribution in [2.75, 3.05) is 5.73 Å². The molecule has 8 heteroatoms. The van der Waals surface area contributed by atoms with Gasteiger partial charge in [0.1, 0.15) is 10.6 Å². The van der Waals surface area contributed by atoms with Crippen LogP contribution in [0.3, 0.4) is 0 Å². The van der Waals surface area contributed by atoms with Crippen molar-refractivity contribution >= 4 is 40.2 Å². The Morgan fingerprint density at radius 1 is 1.52 bits per heavy atom.